The zero-order chi connectivity index (χ0) is 7.61. The summed E-state index contributed by atoms with van der Waals surface area (Å²) >= 11 is 0. The van der Waals surface area contributed by atoms with E-state index in [2.05, 4.69) is 4.18 Å². The Labute approximate surface area is 58.6 Å². The van der Waals surface area contributed by atoms with E-state index < -0.39 is 16.5 Å². The molecule has 10 heavy (non-hydrogen) atoms. The molecule has 0 N–H and O–H groups in total. The molecule has 0 aromatic rings. The van der Waals surface area contributed by atoms with E-state index in [0.717, 1.165) is 0 Å². The molecule has 1 unspecified atom stereocenters. The number of hydrogen-bond donors (Lipinski definition) is 0. The van der Waals surface area contributed by atoms with E-state index in [1.165, 1.54) is 12.2 Å². The van der Waals surface area contributed by atoms with Crippen molar-refractivity contribution in [2.24, 2.45) is 0 Å². The minimum absolute atomic E-state index is 0.0131. The first-order valence-electron chi connectivity index (χ1n) is 2.80. The fraction of sp³-hybridized carbons (Fsp3) is 0.600. The van der Waals surface area contributed by atoms with Crippen LogP contribution in [0.4, 0.5) is 4.39 Å². The molecule has 0 bridgehead atoms. The van der Waals surface area contributed by atoms with Crippen LogP contribution in [0.15, 0.2) is 12.2 Å². The standard InChI is InChI=1S/C5H7FO3S/c6-5-3-1-2-4-10(7,8)9-5/h1-2,5H,3-4H2. The van der Waals surface area contributed by atoms with Crippen LogP contribution in [0.5, 0.6) is 0 Å². The average Bonchev–Trinajstić information content (AvgIpc) is 1.90. The van der Waals surface area contributed by atoms with Crippen molar-refractivity contribution in [1.82, 2.24) is 0 Å². The lowest BCUT2D eigenvalue weighted by atomic mass is 10.4. The molecular weight excluding hydrogens is 159 g/mol. The summed E-state index contributed by atoms with van der Waals surface area (Å²) in [5.74, 6) is -0.229. The Morgan fingerprint density at radius 1 is 1.50 bits per heavy atom. The molecule has 0 aliphatic carbocycles. The largest absolute Gasteiger partial charge is 0.273 e. The molecule has 1 atom stereocenters. The highest BCUT2D eigenvalue weighted by molar-refractivity contribution is 7.86. The zero-order valence-electron chi connectivity index (χ0n) is 5.16. The van der Waals surface area contributed by atoms with E-state index in [0.29, 0.717) is 0 Å². The van der Waals surface area contributed by atoms with Gasteiger partial charge in [0.05, 0.1) is 5.75 Å². The molecule has 58 valence electrons. The first kappa shape index (κ1) is 7.68. The monoisotopic (exact) mass is 166 g/mol. The van der Waals surface area contributed by atoms with E-state index in [9.17, 15) is 12.8 Å². The molecule has 0 aromatic carbocycles. The average molecular weight is 166 g/mol. The second-order valence-corrected chi connectivity index (χ2v) is 3.58. The predicted octanol–water partition coefficient (Wildman–Crippen LogP) is 0.588. The first-order chi connectivity index (χ1) is 4.60. The van der Waals surface area contributed by atoms with Crippen LogP contribution in [-0.4, -0.2) is 20.5 Å². The zero-order valence-corrected chi connectivity index (χ0v) is 5.97. The number of alkyl halides is 1. The lowest BCUT2D eigenvalue weighted by Gasteiger charge is -2.02. The Balaban J connectivity index is 2.76. The van der Waals surface area contributed by atoms with Crippen LogP contribution in [-0.2, 0) is 14.3 Å². The van der Waals surface area contributed by atoms with Gasteiger partial charge < -0.3 is 0 Å². The second kappa shape index (κ2) is 2.67. The molecule has 1 rings (SSSR count). The van der Waals surface area contributed by atoms with E-state index in [1.54, 1.807) is 0 Å². The van der Waals surface area contributed by atoms with E-state index >= 15 is 0 Å². The lowest BCUT2D eigenvalue weighted by molar-refractivity contribution is 0.0797. The van der Waals surface area contributed by atoms with Crippen molar-refractivity contribution < 1.29 is 17.0 Å². The van der Waals surface area contributed by atoms with Crippen LogP contribution in [0.25, 0.3) is 0 Å². The summed E-state index contributed by atoms with van der Waals surface area (Å²) in [4.78, 5) is 0. The van der Waals surface area contributed by atoms with Crippen molar-refractivity contribution in [1.29, 1.82) is 0 Å². The van der Waals surface area contributed by atoms with Gasteiger partial charge in [-0.25, -0.2) is 8.57 Å². The van der Waals surface area contributed by atoms with E-state index in [4.69, 9.17) is 0 Å². The molecule has 0 amide bonds. The van der Waals surface area contributed by atoms with Gasteiger partial charge in [-0.3, -0.25) is 0 Å². The molecule has 0 saturated carbocycles. The summed E-state index contributed by atoms with van der Waals surface area (Å²) in [6, 6.07) is 0. The molecule has 0 saturated heterocycles. The van der Waals surface area contributed by atoms with Gasteiger partial charge in [-0.1, -0.05) is 12.2 Å². The molecule has 0 aromatic heterocycles. The fourth-order valence-corrected chi connectivity index (χ4v) is 1.47. The highest BCUT2D eigenvalue weighted by Crippen LogP contribution is 2.10. The molecule has 1 aliphatic heterocycles. The number of rotatable bonds is 0. The summed E-state index contributed by atoms with van der Waals surface area (Å²) < 4.78 is 37.5. The molecular formula is C5H7FO3S. The van der Waals surface area contributed by atoms with Gasteiger partial charge >= 0.3 is 0 Å². The third kappa shape index (κ3) is 2.07. The molecule has 1 aliphatic rings. The van der Waals surface area contributed by atoms with E-state index in [-0.39, 0.29) is 12.2 Å². The highest BCUT2D eigenvalue weighted by atomic mass is 32.2. The Morgan fingerprint density at radius 2 is 2.20 bits per heavy atom. The van der Waals surface area contributed by atoms with Crippen LogP contribution in [0.1, 0.15) is 6.42 Å². The second-order valence-electron chi connectivity index (χ2n) is 1.94. The Hall–Kier alpha value is -0.420. The van der Waals surface area contributed by atoms with Crippen molar-refractivity contribution in [3.63, 3.8) is 0 Å². The van der Waals surface area contributed by atoms with Crippen LogP contribution in [0, 0.1) is 0 Å². The number of halogens is 1. The maximum absolute atomic E-state index is 12.3. The van der Waals surface area contributed by atoms with Crippen molar-refractivity contribution in [2.75, 3.05) is 5.75 Å². The molecule has 5 heteroatoms. The quantitative estimate of drug-likeness (QED) is 0.390. The van der Waals surface area contributed by atoms with Gasteiger partial charge in [0.15, 0.2) is 0 Å². The van der Waals surface area contributed by atoms with Crippen molar-refractivity contribution in [3.05, 3.63) is 12.2 Å². The lowest BCUT2D eigenvalue weighted by Crippen LogP contribution is -2.13. The van der Waals surface area contributed by atoms with Gasteiger partial charge in [0.1, 0.15) is 0 Å². The molecule has 1 heterocycles. The summed E-state index contributed by atoms with van der Waals surface area (Å²) in [6.07, 6.45) is 1.15. The van der Waals surface area contributed by atoms with Crippen LogP contribution >= 0.6 is 0 Å². The highest BCUT2D eigenvalue weighted by Gasteiger charge is 2.18. The first-order valence-corrected chi connectivity index (χ1v) is 4.38. The van der Waals surface area contributed by atoms with Crippen LogP contribution in [0.2, 0.25) is 0 Å². The van der Waals surface area contributed by atoms with Crippen LogP contribution < -0.4 is 0 Å². The smallest absolute Gasteiger partial charge is 0.232 e. The summed E-state index contributed by atoms with van der Waals surface area (Å²) in [7, 11) is -3.63. The third-order valence-corrected chi connectivity index (χ3v) is 2.14. The predicted molar refractivity (Wildman–Crippen MR) is 33.5 cm³/mol. The Morgan fingerprint density at radius 3 is 2.90 bits per heavy atom. The molecule has 0 spiro atoms. The van der Waals surface area contributed by atoms with E-state index in [1.807, 2.05) is 0 Å². The minimum atomic E-state index is -3.63. The Bertz CT molecular complexity index is 231. The van der Waals surface area contributed by atoms with Gasteiger partial charge in [0, 0.05) is 6.42 Å². The molecule has 0 fully saturated rings. The summed E-state index contributed by atoms with van der Waals surface area (Å²) in [6.45, 7) is 0. The Kier molecular flexibility index (Phi) is 2.05. The van der Waals surface area contributed by atoms with Crippen LogP contribution in [0.3, 0.4) is 0 Å². The van der Waals surface area contributed by atoms with Gasteiger partial charge in [-0.05, 0) is 0 Å². The SMILES string of the molecule is O=S1(=O)CC=CCC(F)O1. The van der Waals surface area contributed by atoms with Crippen molar-refractivity contribution >= 4 is 10.1 Å². The number of hydrogen-bond acceptors (Lipinski definition) is 3. The maximum atomic E-state index is 12.3. The van der Waals surface area contributed by atoms with Crippen molar-refractivity contribution in [3.8, 4) is 0 Å². The third-order valence-electron chi connectivity index (χ3n) is 1.04. The normalized spacial score (nSPS) is 31.5. The minimum Gasteiger partial charge on any atom is -0.232 e. The van der Waals surface area contributed by atoms with Gasteiger partial charge in [-0.2, -0.15) is 8.42 Å². The topological polar surface area (TPSA) is 43.4 Å². The summed E-state index contributed by atoms with van der Waals surface area (Å²) in [5, 5.41) is 0. The van der Waals surface area contributed by atoms with Gasteiger partial charge in [0.25, 0.3) is 10.1 Å². The van der Waals surface area contributed by atoms with Gasteiger partial charge in [0.2, 0.25) is 6.36 Å². The summed E-state index contributed by atoms with van der Waals surface area (Å²) in [5.41, 5.74) is 0. The van der Waals surface area contributed by atoms with Crippen molar-refractivity contribution in [2.45, 2.75) is 12.8 Å². The molecule has 0 radical (unpaired) electrons. The fourth-order valence-electron chi connectivity index (χ4n) is 0.627. The van der Waals surface area contributed by atoms with Gasteiger partial charge in [-0.15, -0.1) is 0 Å². The molecule has 3 nitrogen and oxygen atoms in total. The maximum Gasteiger partial charge on any atom is 0.273 e.